The first-order chi connectivity index (χ1) is 17.1. The first-order valence-electron chi connectivity index (χ1n) is 12.6. The molecule has 8 heteroatoms. The van der Waals surface area contributed by atoms with E-state index in [1.807, 2.05) is 48.5 Å². The summed E-state index contributed by atoms with van der Waals surface area (Å²) in [5, 5.41) is 19.1. The lowest BCUT2D eigenvalue weighted by molar-refractivity contribution is 0.158. The van der Waals surface area contributed by atoms with E-state index in [2.05, 4.69) is 31.0 Å². The van der Waals surface area contributed by atoms with Gasteiger partial charge in [0.2, 0.25) is 0 Å². The fourth-order valence-corrected chi connectivity index (χ4v) is 5.24. The van der Waals surface area contributed by atoms with Crippen molar-refractivity contribution in [3.8, 4) is 0 Å². The molecule has 4 rings (SSSR count). The van der Waals surface area contributed by atoms with Gasteiger partial charge in [0, 0.05) is 35.5 Å². The number of nitrogens with zero attached hydrogens (tertiary/aromatic N) is 3. The molecule has 1 fully saturated rings. The highest BCUT2D eigenvalue weighted by atomic mass is 35.5. The number of aromatic nitrogens is 2. The smallest absolute Gasteiger partial charge is 0.404 e. The molecule has 2 aromatic carbocycles. The average molecular weight is 511 g/mol. The van der Waals surface area contributed by atoms with Crippen molar-refractivity contribution < 1.29 is 9.90 Å². The molecule has 1 aliphatic rings. The molecular formula is C28H35ClN4O3. The summed E-state index contributed by atoms with van der Waals surface area (Å²) in [6.07, 6.45) is 2.37. The number of halogens is 1. The number of rotatable bonds is 8. The summed E-state index contributed by atoms with van der Waals surface area (Å²) in [7, 11) is 0. The summed E-state index contributed by atoms with van der Waals surface area (Å²) < 4.78 is 1.63. The molecule has 1 aromatic heterocycles. The van der Waals surface area contributed by atoms with Crippen molar-refractivity contribution in [1.29, 1.82) is 0 Å². The highest BCUT2D eigenvalue weighted by Crippen LogP contribution is 2.25. The van der Waals surface area contributed by atoms with Crippen LogP contribution in [-0.2, 0) is 13.0 Å². The zero-order valence-electron chi connectivity index (χ0n) is 21.2. The fourth-order valence-electron chi connectivity index (χ4n) is 5.12. The molecule has 2 N–H and O–H groups in total. The largest absolute Gasteiger partial charge is 0.465 e. The number of carbonyl (C=O) groups is 1. The van der Waals surface area contributed by atoms with Gasteiger partial charge in [0.05, 0.1) is 17.6 Å². The van der Waals surface area contributed by atoms with Gasteiger partial charge >= 0.3 is 6.09 Å². The SMILES string of the molecule is CC(C)(C)C(CCN1CCC[C@@H]1Cn1nc(Cc2ccc(Cl)cc2)c2ccccc2c1=O)NC(=O)O. The first-order valence-corrected chi connectivity index (χ1v) is 13.0. The van der Waals surface area contributed by atoms with Crippen molar-refractivity contribution in [2.24, 2.45) is 5.41 Å². The Morgan fingerprint density at radius 2 is 1.86 bits per heavy atom. The maximum absolute atomic E-state index is 13.4. The number of hydrogen-bond donors (Lipinski definition) is 2. The number of nitrogens with one attached hydrogen (secondary N) is 1. The standard InChI is InChI=1S/C28H35ClN4O3/c1-28(2,3)25(30-27(35)36)14-16-32-15-6-7-21(32)18-33-26(34)23-9-5-4-8-22(23)24(31-33)17-19-10-12-20(29)13-11-19/h4-5,8-13,21,25,30H,6-7,14-18H2,1-3H3,(H,35,36)/t21-,25?/m1/s1. The predicted octanol–water partition coefficient (Wildman–Crippen LogP) is 5.18. The molecule has 0 spiro atoms. The van der Waals surface area contributed by atoms with Crippen molar-refractivity contribution in [2.75, 3.05) is 13.1 Å². The van der Waals surface area contributed by atoms with E-state index in [4.69, 9.17) is 16.7 Å². The van der Waals surface area contributed by atoms with Crippen LogP contribution in [0.5, 0.6) is 0 Å². The highest BCUT2D eigenvalue weighted by Gasteiger charge is 2.30. The van der Waals surface area contributed by atoms with Crippen LogP contribution in [0.2, 0.25) is 5.02 Å². The van der Waals surface area contributed by atoms with Crippen molar-refractivity contribution in [3.05, 3.63) is 75.2 Å². The van der Waals surface area contributed by atoms with E-state index in [-0.39, 0.29) is 23.1 Å². The number of fused-ring (bicyclic) bond motifs is 1. The van der Waals surface area contributed by atoms with Gasteiger partial charge in [-0.15, -0.1) is 0 Å². The van der Waals surface area contributed by atoms with E-state index in [1.54, 1.807) is 4.68 Å². The molecule has 2 atom stereocenters. The summed E-state index contributed by atoms with van der Waals surface area (Å²) in [6, 6.07) is 15.4. The van der Waals surface area contributed by atoms with Crippen LogP contribution in [0, 0.1) is 5.41 Å². The third-order valence-electron chi connectivity index (χ3n) is 7.16. The molecule has 2 heterocycles. The summed E-state index contributed by atoms with van der Waals surface area (Å²) in [5.41, 5.74) is 1.71. The molecular weight excluding hydrogens is 476 g/mol. The molecule has 36 heavy (non-hydrogen) atoms. The summed E-state index contributed by atoms with van der Waals surface area (Å²) in [5.74, 6) is 0. The summed E-state index contributed by atoms with van der Waals surface area (Å²) >= 11 is 6.06. The molecule has 0 aliphatic carbocycles. The molecule has 1 saturated heterocycles. The molecule has 0 saturated carbocycles. The van der Waals surface area contributed by atoms with Gasteiger partial charge in [-0.3, -0.25) is 9.69 Å². The molecule has 7 nitrogen and oxygen atoms in total. The van der Waals surface area contributed by atoms with Crippen LogP contribution in [-0.4, -0.2) is 51.1 Å². The van der Waals surface area contributed by atoms with Crippen LogP contribution in [0.25, 0.3) is 10.8 Å². The lowest BCUT2D eigenvalue weighted by Gasteiger charge is -2.33. The van der Waals surface area contributed by atoms with E-state index >= 15 is 0 Å². The molecule has 0 bridgehead atoms. The third-order valence-corrected chi connectivity index (χ3v) is 7.41. The first kappa shape index (κ1) is 26.2. The van der Waals surface area contributed by atoms with Crippen molar-refractivity contribution in [3.63, 3.8) is 0 Å². The van der Waals surface area contributed by atoms with E-state index in [9.17, 15) is 14.7 Å². The Morgan fingerprint density at radius 3 is 2.53 bits per heavy atom. The van der Waals surface area contributed by atoms with Gasteiger partial charge in [0.25, 0.3) is 5.56 Å². The van der Waals surface area contributed by atoms with Crippen molar-refractivity contribution in [2.45, 2.75) is 65.1 Å². The van der Waals surface area contributed by atoms with Gasteiger partial charge in [-0.05, 0) is 55.0 Å². The zero-order chi connectivity index (χ0) is 25.9. The fraction of sp³-hybridized carbons (Fsp3) is 0.464. The van der Waals surface area contributed by atoms with Crippen molar-refractivity contribution >= 4 is 28.5 Å². The minimum Gasteiger partial charge on any atom is -0.465 e. The Bertz CT molecular complexity index is 1270. The Morgan fingerprint density at radius 1 is 1.17 bits per heavy atom. The monoisotopic (exact) mass is 510 g/mol. The topological polar surface area (TPSA) is 87.5 Å². The minimum absolute atomic E-state index is 0.0718. The van der Waals surface area contributed by atoms with E-state index in [1.165, 1.54) is 0 Å². The van der Waals surface area contributed by atoms with Gasteiger partial charge in [-0.1, -0.05) is 62.7 Å². The number of likely N-dealkylation sites (tertiary alicyclic amines) is 1. The van der Waals surface area contributed by atoms with Gasteiger partial charge in [0.1, 0.15) is 0 Å². The number of amides is 1. The average Bonchev–Trinajstić information content (AvgIpc) is 3.27. The normalized spacial score (nSPS) is 17.4. The Hall–Kier alpha value is -2.90. The molecule has 192 valence electrons. The van der Waals surface area contributed by atoms with Crippen molar-refractivity contribution in [1.82, 2.24) is 20.0 Å². The molecule has 1 unspecified atom stereocenters. The summed E-state index contributed by atoms with van der Waals surface area (Å²) in [4.78, 5) is 27.1. The van der Waals surface area contributed by atoms with Crippen LogP contribution >= 0.6 is 11.6 Å². The zero-order valence-corrected chi connectivity index (χ0v) is 22.0. The number of benzene rings is 2. The highest BCUT2D eigenvalue weighted by molar-refractivity contribution is 6.30. The minimum atomic E-state index is -0.993. The van der Waals surface area contributed by atoms with Crippen LogP contribution in [0.1, 0.15) is 51.3 Å². The third kappa shape index (κ3) is 6.26. The molecule has 1 aliphatic heterocycles. The van der Waals surface area contributed by atoms with Gasteiger partial charge in [0.15, 0.2) is 0 Å². The second-order valence-electron chi connectivity index (χ2n) is 10.8. The van der Waals surface area contributed by atoms with Crippen LogP contribution in [0.3, 0.4) is 0 Å². The second-order valence-corrected chi connectivity index (χ2v) is 11.2. The Kier molecular flexibility index (Phi) is 8.00. The number of hydrogen-bond acceptors (Lipinski definition) is 4. The van der Waals surface area contributed by atoms with Gasteiger partial charge < -0.3 is 10.4 Å². The Balaban J connectivity index is 1.56. The van der Waals surface area contributed by atoms with Gasteiger partial charge in [-0.25, -0.2) is 9.48 Å². The molecule has 3 aromatic rings. The summed E-state index contributed by atoms with van der Waals surface area (Å²) in [6.45, 7) is 8.38. The quantitative estimate of drug-likeness (QED) is 0.436. The van der Waals surface area contributed by atoms with Crippen LogP contribution < -0.4 is 10.9 Å². The maximum Gasteiger partial charge on any atom is 0.404 e. The predicted molar refractivity (Wildman–Crippen MR) is 144 cm³/mol. The number of carboxylic acid groups (broad SMARTS) is 1. The lowest BCUT2D eigenvalue weighted by atomic mass is 9.84. The Labute approximate surface area is 217 Å². The van der Waals surface area contributed by atoms with Crippen LogP contribution in [0.15, 0.2) is 53.3 Å². The molecule has 0 radical (unpaired) electrons. The molecule has 1 amide bonds. The maximum atomic E-state index is 13.4. The van der Waals surface area contributed by atoms with E-state index < -0.39 is 6.09 Å². The van der Waals surface area contributed by atoms with Crippen LogP contribution in [0.4, 0.5) is 4.79 Å². The lowest BCUT2D eigenvalue weighted by Crippen LogP contribution is -2.46. The van der Waals surface area contributed by atoms with E-state index in [0.717, 1.165) is 42.6 Å². The van der Waals surface area contributed by atoms with Gasteiger partial charge in [-0.2, -0.15) is 5.10 Å². The van der Waals surface area contributed by atoms with E-state index in [0.29, 0.717) is 29.8 Å². The second kappa shape index (κ2) is 11.0.